The van der Waals surface area contributed by atoms with Gasteiger partial charge in [0.1, 0.15) is 11.6 Å². The molecule has 180 valence electrons. The highest BCUT2D eigenvalue weighted by atomic mass is 32.2. The van der Waals surface area contributed by atoms with Gasteiger partial charge in [-0.1, -0.05) is 48.0 Å². The van der Waals surface area contributed by atoms with Crippen LogP contribution in [0.1, 0.15) is 31.2 Å². The third-order valence-corrected chi connectivity index (χ3v) is 7.32. The predicted octanol–water partition coefficient (Wildman–Crippen LogP) is 6.47. The number of carbonyl (C=O) groups is 1. The number of nitrogens with zero attached hydrogens (tertiary/aromatic N) is 3. The van der Waals surface area contributed by atoms with Gasteiger partial charge in [0.15, 0.2) is 0 Å². The van der Waals surface area contributed by atoms with Crippen LogP contribution in [0.4, 0.5) is 0 Å². The van der Waals surface area contributed by atoms with Gasteiger partial charge in [-0.05, 0) is 50.5 Å². The van der Waals surface area contributed by atoms with Crippen molar-refractivity contribution >= 4 is 28.7 Å². The average molecular weight is 486 g/mol. The zero-order valence-electron chi connectivity index (χ0n) is 20.2. The summed E-state index contributed by atoms with van der Waals surface area (Å²) in [5.41, 5.74) is 5.35. The third-order valence-electron chi connectivity index (χ3n) is 6.36. The maximum atomic E-state index is 12.2. The Labute approximate surface area is 211 Å². The molecule has 2 heterocycles. The second-order valence-electron chi connectivity index (χ2n) is 8.98. The maximum Gasteiger partial charge on any atom is 0.223 e. The predicted molar refractivity (Wildman–Crippen MR) is 144 cm³/mol. The van der Waals surface area contributed by atoms with Crippen molar-refractivity contribution in [1.82, 2.24) is 14.5 Å². The van der Waals surface area contributed by atoms with Gasteiger partial charge >= 0.3 is 0 Å². The molecule has 0 radical (unpaired) electrons. The number of carbonyl (C=O) groups excluding carboxylic acids is 1. The molecule has 1 aromatic heterocycles. The Kier molecular flexibility index (Phi) is 7.38. The minimum absolute atomic E-state index is 0.292. The molecule has 4 aromatic rings. The molecule has 1 aliphatic rings. The van der Waals surface area contributed by atoms with Gasteiger partial charge < -0.3 is 9.64 Å². The Bertz CT molecular complexity index is 1280. The van der Waals surface area contributed by atoms with Gasteiger partial charge in [0.25, 0.3) is 0 Å². The minimum atomic E-state index is 0.292. The summed E-state index contributed by atoms with van der Waals surface area (Å²) in [7, 11) is 0. The summed E-state index contributed by atoms with van der Waals surface area (Å²) in [6.07, 6.45) is 3.49. The van der Waals surface area contributed by atoms with Crippen LogP contribution in [0, 0.1) is 6.92 Å². The zero-order chi connectivity index (χ0) is 24.0. The summed E-state index contributed by atoms with van der Waals surface area (Å²) >= 11 is 1.84. The summed E-state index contributed by atoms with van der Waals surface area (Å²) in [5.74, 6) is 3.98. The molecule has 3 aromatic carbocycles. The van der Waals surface area contributed by atoms with Crippen molar-refractivity contribution in [3.05, 3.63) is 78.4 Å². The normalized spacial score (nSPS) is 13.5. The standard InChI is InChI=1S/C29H31N3O2S/c1-22-11-13-24(14-12-22)32-27-20-25(15-16-26(27)30-29(32)23-8-4-2-5-9-23)34-18-7-3-6-10-28(33)31-17-19-35-21-31/h2,4-5,8-9,11-16,20H,3,6-7,10,17-19,21H2,1H3. The molecule has 5 nitrogen and oxygen atoms in total. The lowest BCUT2D eigenvalue weighted by Crippen LogP contribution is -2.27. The topological polar surface area (TPSA) is 47.4 Å². The van der Waals surface area contributed by atoms with E-state index in [2.05, 4.69) is 54.0 Å². The maximum absolute atomic E-state index is 12.2. The van der Waals surface area contributed by atoms with Gasteiger partial charge in [0, 0.05) is 36.0 Å². The molecule has 0 saturated carbocycles. The van der Waals surface area contributed by atoms with E-state index >= 15 is 0 Å². The van der Waals surface area contributed by atoms with Crippen LogP contribution in [0.25, 0.3) is 28.1 Å². The van der Waals surface area contributed by atoms with Crippen molar-refractivity contribution in [1.29, 1.82) is 0 Å². The number of unbranched alkanes of at least 4 members (excludes halogenated alkanes) is 2. The third kappa shape index (κ3) is 5.54. The van der Waals surface area contributed by atoms with E-state index in [1.54, 1.807) is 0 Å². The molecule has 0 bridgehead atoms. The van der Waals surface area contributed by atoms with Crippen molar-refractivity contribution in [3.8, 4) is 22.8 Å². The fourth-order valence-corrected chi connectivity index (χ4v) is 5.37. The first-order chi connectivity index (χ1) is 17.2. The van der Waals surface area contributed by atoms with Gasteiger partial charge in [0.2, 0.25) is 5.91 Å². The largest absolute Gasteiger partial charge is 0.494 e. The molecule has 35 heavy (non-hydrogen) atoms. The van der Waals surface area contributed by atoms with Crippen LogP contribution in [-0.4, -0.2) is 45.1 Å². The lowest BCUT2D eigenvalue weighted by atomic mass is 10.2. The van der Waals surface area contributed by atoms with Gasteiger partial charge in [-0.3, -0.25) is 9.36 Å². The Morgan fingerprint density at radius 1 is 1.00 bits per heavy atom. The number of ether oxygens (including phenoxy) is 1. The summed E-state index contributed by atoms with van der Waals surface area (Å²) in [6.45, 7) is 3.64. The molecule has 6 heteroatoms. The highest BCUT2D eigenvalue weighted by Gasteiger charge is 2.17. The Hall–Kier alpha value is -3.25. The van der Waals surface area contributed by atoms with Gasteiger partial charge in [-0.25, -0.2) is 4.98 Å². The quantitative estimate of drug-likeness (QED) is 0.255. The molecule has 1 aliphatic heterocycles. The molecule has 1 amide bonds. The lowest BCUT2D eigenvalue weighted by Gasteiger charge is -2.14. The van der Waals surface area contributed by atoms with Crippen LogP contribution in [0.15, 0.2) is 72.8 Å². The van der Waals surface area contributed by atoms with Crippen LogP contribution >= 0.6 is 11.8 Å². The summed E-state index contributed by atoms with van der Waals surface area (Å²) in [4.78, 5) is 19.1. The van der Waals surface area contributed by atoms with Crippen molar-refractivity contribution in [2.24, 2.45) is 0 Å². The highest BCUT2D eigenvalue weighted by Crippen LogP contribution is 2.31. The van der Waals surface area contributed by atoms with Crippen LogP contribution in [0.2, 0.25) is 0 Å². The van der Waals surface area contributed by atoms with E-state index in [1.165, 1.54) is 5.56 Å². The molecule has 0 atom stereocenters. The van der Waals surface area contributed by atoms with E-state index in [-0.39, 0.29) is 0 Å². The molecule has 1 saturated heterocycles. The first-order valence-corrected chi connectivity index (χ1v) is 13.5. The highest BCUT2D eigenvalue weighted by molar-refractivity contribution is 7.99. The second-order valence-corrected chi connectivity index (χ2v) is 10.1. The van der Waals surface area contributed by atoms with Crippen LogP contribution < -0.4 is 4.74 Å². The lowest BCUT2D eigenvalue weighted by molar-refractivity contribution is -0.129. The summed E-state index contributed by atoms with van der Waals surface area (Å²) in [6, 6.07) is 24.9. The van der Waals surface area contributed by atoms with Crippen LogP contribution in [-0.2, 0) is 4.79 Å². The fraction of sp³-hybridized carbons (Fsp3) is 0.310. The van der Waals surface area contributed by atoms with E-state index in [1.807, 2.05) is 47.0 Å². The van der Waals surface area contributed by atoms with Crippen molar-refractivity contribution in [3.63, 3.8) is 0 Å². The molecule has 0 spiro atoms. The number of aryl methyl sites for hydroxylation is 1. The van der Waals surface area contributed by atoms with E-state index in [4.69, 9.17) is 9.72 Å². The number of benzene rings is 3. The van der Waals surface area contributed by atoms with Gasteiger partial charge in [-0.15, -0.1) is 11.8 Å². The molecular formula is C29H31N3O2S. The number of amides is 1. The SMILES string of the molecule is Cc1ccc(-n2c(-c3ccccc3)nc3ccc(OCCCCCC(=O)N4CCSC4)cc32)cc1. The molecule has 5 rings (SSSR count). The number of thioether (sulfide) groups is 1. The van der Waals surface area contributed by atoms with E-state index in [9.17, 15) is 4.79 Å². The first-order valence-electron chi connectivity index (χ1n) is 12.3. The molecule has 0 unspecified atom stereocenters. The summed E-state index contributed by atoms with van der Waals surface area (Å²) < 4.78 is 8.31. The summed E-state index contributed by atoms with van der Waals surface area (Å²) in [5, 5.41) is 0. The van der Waals surface area contributed by atoms with E-state index in [0.29, 0.717) is 18.9 Å². The molecule has 0 N–H and O–H groups in total. The van der Waals surface area contributed by atoms with E-state index in [0.717, 1.165) is 71.3 Å². The van der Waals surface area contributed by atoms with Gasteiger partial charge in [-0.2, -0.15) is 0 Å². The zero-order valence-corrected chi connectivity index (χ0v) is 21.0. The van der Waals surface area contributed by atoms with Crippen molar-refractivity contribution in [2.75, 3.05) is 24.8 Å². The van der Waals surface area contributed by atoms with Crippen LogP contribution in [0.3, 0.4) is 0 Å². The molecular weight excluding hydrogens is 454 g/mol. The molecule has 1 fully saturated rings. The number of rotatable bonds is 9. The first kappa shape index (κ1) is 23.5. The molecule has 0 aliphatic carbocycles. The Morgan fingerprint density at radius 3 is 2.60 bits per heavy atom. The number of fused-ring (bicyclic) bond motifs is 1. The number of hydrogen-bond acceptors (Lipinski definition) is 4. The smallest absolute Gasteiger partial charge is 0.223 e. The fourth-order valence-electron chi connectivity index (χ4n) is 4.39. The van der Waals surface area contributed by atoms with Crippen molar-refractivity contribution < 1.29 is 9.53 Å². The monoisotopic (exact) mass is 485 g/mol. The van der Waals surface area contributed by atoms with Crippen molar-refractivity contribution in [2.45, 2.75) is 32.6 Å². The van der Waals surface area contributed by atoms with Gasteiger partial charge in [0.05, 0.1) is 23.5 Å². The Balaban J connectivity index is 1.28. The second kappa shape index (κ2) is 11.0. The Morgan fingerprint density at radius 2 is 1.83 bits per heavy atom. The number of aromatic nitrogens is 2. The minimum Gasteiger partial charge on any atom is -0.494 e. The number of imidazole rings is 1. The number of hydrogen-bond donors (Lipinski definition) is 0. The average Bonchev–Trinajstić information content (AvgIpc) is 3.55. The van der Waals surface area contributed by atoms with E-state index < -0.39 is 0 Å². The van der Waals surface area contributed by atoms with Crippen LogP contribution in [0.5, 0.6) is 5.75 Å².